The SMILES string of the molecule is Cl.Nc1cccc(CN(Cc2ccc(F)cc2F)C2CC2)c1. The summed E-state index contributed by atoms with van der Waals surface area (Å²) in [6.07, 6.45) is 2.26. The Morgan fingerprint density at radius 2 is 1.82 bits per heavy atom. The number of hydrogen-bond donors (Lipinski definition) is 1. The molecule has 0 heterocycles. The monoisotopic (exact) mass is 324 g/mol. The Morgan fingerprint density at radius 1 is 1.05 bits per heavy atom. The molecule has 2 N–H and O–H groups in total. The standard InChI is InChI=1S/C17H18F2N2.ClH/c18-14-5-4-13(17(19)9-14)11-21(16-6-7-16)10-12-2-1-3-15(20)8-12;/h1-5,8-9,16H,6-7,10-11,20H2;1H. The van der Waals surface area contributed by atoms with E-state index >= 15 is 0 Å². The van der Waals surface area contributed by atoms with E-state index in [1.807, 2.05) is 24.3 Å². The van der Waals surface area contributed by atoms with Crippen LogP contribution in [0.15, 0.2) is 42.5 Å². The first-order chi connectivity index (χ1) is 10.1. The highest BCUT2D eigenvalue weighted by Gasteiger charge is 2.29. The predicted molar refractivity (Wildman–Crippen MR) is 86.7 cm³/mol. The fraction of sp³-hybridized carbons (Fsp3) is 0.294. The van der Waals surface area contributed by atoms with Crippen molar-refractivity contribution in [2.45, 2.75) is 32.0 Å². The first-order valence-corrected chi connectivity index (χ1v) is 7.14. The van der Waals surface area contributed by atoms with E-state index in [1.165, 1.54) is 12.1 Å². The predicted octanol–water partition coefficient (Wildman–Crippen LogP) is 4.13. The maximum atomic E-state index is 13.8. The van der Waals surface area contributed by atoms with Crippen molar-refractivity contribution in [3.05, 3.63) is 65.2 Å². The molecule has 0 spiro atoms. The second kappa shape index (κ2) is 7.07. The Balaban J connectivity index is 0.00000176. The van der Waals surface area contributed by atoms with Crippen LogP contribution in [0.2, 0.25) is 0 Å². The van der Waals surface area contributed by atoms with Crippen LogP contribution in [0.3, 0.4) is 0 Å². The minimum absolute atomic E-state index is 0. The first kappa shape index (κ1) is 16.7. The molecule has 0 atom stereocenters. The van der Waals surface area contributed by atoms with Crippen molar-refractivity contribution in [2.24, 2.45) is 0 Å². The molecule has 0 bridgehead atoms. The van der Waals surface area contributed by atoms with Gasteiger partial charge in [0.2, 0.25) is 0 Å². The van der Waals surface area contributed by atoms with Crippen LogP contribution in [-0.2, 0) is 13.1 Å². The molecule has 1 fully saturated rings. The lowest BCUT2D eigenvalue weighted by Crippen LogP contribution is -2.25. The van der Waals surface area contributed by atoms with Crippen molar-refractivity contribution < 1.29 is 8.78 Å². The Hall–Kier alpha value is -1.65. The molecule has 0 amide bonds. The molecule has 1 saturated carbocycles. The Bertz CT molecular complexity index is 644. The van der Waals surface area contributed by atoms with E-state index in [1.54, 1.807) is 0 Å². The smallest absolute Gasteiger partial charge is 0.130 e. The van der Waals surface area contributed by atoms with Gasteiger partial charge in [-0.05, 0) is 36.6 Å². The molecule has 1 aliphatic carbocycles. The van der Waals surface area contributed by atoms with Gasteiger partial charge in [-0.3, -0.25) is 4.90 Å². The lowest BCUT2D eigenvalue weighted by molar-refractivity contribution is 0.242. The molecule has 0 radical (unpaired) electrons. The molecular weight excluding hydrogens is 306 g/mol. The van der Waals surface area contributed by atoms with Crippen molar-refractivity contribution in [1.82, 2.24) is 4.90 Å². The molecule has 118 valence electrons. The number of nitrogens with zero attached hydrogens (tertiary/aromatic N) is 1. The topological polar surface area (TPSA) is 29.3 Å². The zero-order valence-corrected chi connectivity index (χ0v) is 13.0. The zero-order chi connectivity index (χ0) is 14.8. The highest BCUT2D eigenvalue weighted by molar-refractivity contribution is 5.85. The molecule has 0 aromatic heterocycles. The van der Waals surface area contributed by atoms with Crippen LogP contribution < -0.4 is 5.73 Å². The number of nitrogens with two attached hydrogens (primary N) is 1. The van der Waals surface area contributed by atoms with E-state index in [2.05, 4.69) is 4.90 Å². The van der Waals surface area contributed by atoms with E-state index < -0.39 is 11.6 Å². The summed E-state index contributed by atoms with van der Waals surface area (Å²) in [6.45, 7) is 1.22. The van der Waals surface area contributed by atoms with Gasteiger partial charge in [0.05, 0.1) is 0 Å². The maximum Gasteiger partial charge on any atom is 0.130 e. The van der Waals surface area contributed by atoms with Crippen LogP contribution in [-0.4, -0.2) is 10.9 Å². The molecule has 0 aliphatic heterocycles. The number of rotatable bonds is 5. The quantitative estimate of drug-likeness (QED) is 0.838. The lowest BCUT2D eigenvalue weighted by Gasteiger charge is -2.22. The normalized spacial score (nSPS) is 14.0. The van der Waals surface area contributed by atoms with Gasteiger partial charge in [0.1, 0.15) is 11.6 Å². The average molecular weight is 325 g/mol. The van der Waals surface area contributed by atoms with Crippen LogP contribution in [0, 0.1) is 11.6 Å². The summed E-state index contributed by atoms with van der Waals surface area (Å²) in [5.74, 6) is -1.02. The summed E-state index contributed by atoms with van der Waals surface area (Å²) in [6, 6.07) is 12.0. The molecular formula is C17H19ClF2N2. The molecule has 0 saturated heterocycles. The van der Waals surface area contributed by atoms with Crippen LogP contribution in [0.4, 0.5) is 14.5 Å². The zero-order valence-electron chi connectivity index (χ0n) is 12.1. The number of hydrogen-bond acceptors (Lipinski definition) is 2. The van der Waals surface area contributed by atoms with E-state index in [-0.39, 0.29) is 12.4 Å². The molecule has 2 aromatic carbocycles. The Labute approximate surface area is 135 Å². The lowest BCUT2D eigenvalue weighted by atomic mass is 10.1. The first-order valence-electron chi connectivity index (χ1n) is 7.14. The molecule has 2 aromatic rings. The highest BCUT2D eigenvalue weighted by atomic mass is 35.5. The highest BCUT2D eigenvalue weighted by Crippen LogP contribution is 2.30. The van der Waals surface area contributed by atoms with Crippen molar-refractivity contribution in [3.8, 4) is 0 Å². The number of anilines is 1. The summed E-state index contributed by atoms with van der Waals surface area (Å²) in [7, 11) is 0. The molecule has 3 rings (SSSR count). The van der Waals surface area contributed by atoms with Crippen molar-refractivity contribution in [3.63, 3.8) is 0 Å². The van der Waals surface area contributed by atoms with Gasteiger partial charge in [-0.1, -0.05) is 18.2 Å². The van der Waals surface area contributed by atoms with Gasteiger partial charge in [-0.15, -0.1) is 12.4 Å². The maximum absolute atomic E-state index is 13.8. The summed E-state index contributed by atoms with van der Waals surface area (Å²) in [4.78, 5) is 2.23. The average Bonchev–Trinajstić information content (AvgIpc) is 3.25. The molecule has 0 unspecified atom stereocenters. The minimum atomic E-state index is -0.537. The Morgan fingerprint density at radius 3 is 2.45 bits per heavy atom. The summed E-state index contributed by atoms with van der Waals surface area (Å²) >= 11 is 0. The number of benzene rings is 2. The third-order valence-corrected chi connectivity index (χ3v) is 3.79. The van der Waals surface area contributed by atoms with Gasteiger partial charge in [0.25, 0.3) is 0 Å². The van der Waals surface area contributed by atoms with Gasteiger partial charge in [0.15, 0.2) is 0 Å². The van der Waals surface area contributed by atoms with E-state index in [4.69, 9.17) is 5.73 Å². The van der Waals surface area contributed by atoms with Gasteiger partial charge in [-0.25, -0.2) is 8.78 Å². The van der Waals surface area contributed by atoms with Crippen LogP contribution >= 0.6 is 12.4 Å². The number of halogens is 3. The third-order valence-electron chi connectivity index (χ3n) is 3.79. The molecule has 1 aliphatic rings. The minimum Gasteiger partial charge on any atom is -0.399 e. The van der Waals surface area contributed by atoms with Gasteiger partial charge >= 0.3 is 0 Å². The van der Waals surface area contributed by atoms with Crippen molar-refractivity contribution >= 4 is 18.1 Å². The van der Waals surface area contributed by atoms with Crippen molar-refractivity contribution in [2.75, 3.05) is 5.73 Å². The van der Waals surface area contributed by atoms with Gasteiger partial charge in [0, 0.05) is 36.4 Å². The second-order valence-electron chi connectivity index (χ2n) is 5.62. The van der Waals surface area contributed by atoms with Crippen LogP contribution in [0.25, 0.3) is 0 Å². The van der Waals surface area contributed by atoms with Crippen molar-refractivity contribution in [1.29, 1.82) is 0 Å². The second-order valence-corrected chi connectivity index (χ2v) is 5.62. The molecule has 2 nitrogen and oxygen atoms in total. The fourth-order valence-corrected chi connectivity index (χ4v) is 2.55. The van der Waals surface area contributed by atoms with Gasteiger partial charge < -0.3 is 5.73 Å². The van der Waals surface area contributed by atoms with Gasteiger partial charge in [-0.2, -0.15) is 0 Å². The van der Waals surface area contributed by atoms with E-state index in [9.17, 15) is 8.78 Å². The summed E-state index contributed by atoms with van der Waals surface area (Å²) < 4.78 is 26.8. The number of nitrogen functional groups attached to an aromatic ring is 1. The summed E-state index contributed by atoms with van der Waals surface area (Å²) in [5.41, 5.74) is 8.18. The largest absolute Gasteiger partial charge is 0.399 e. The third kappa shape index (κ3) is 4.18. The molecule has 22 heavy (non-hydrogen) atoms. The van der Waals surface area contributed by atoms with E-state index in [0.29, 0.717) is 18.2 Å². The van der Waals surface area contributed by atoms with Crippen LogP contribution in [0.5, 0.6) is 0 Å². The summed E-state index contributed by atoms with van der Waals surface area (Å²) in [5, 5.41) is 0. The molecule has 5 heteroatoms. The fourth-order valence-electron chi connectivity index (χ4n) is 2.55. The van der Waals surface area contributed by atoms with Crippen LogP contribution in [0.1, 0.15) is 24.0 Å². The Kier molecular flexibility index (Phi) is 5.37. The van der Waals surface area contributed by atoms with E-state index in [0.717, 1.165) is 36.7 Å².